The summed E-state index contributed by atoms with van der Waals surface area (Å²) in [4.78, 5) is 13.5. The van der Waals surface area contributed by atoms with Gasteiger partial charge in [-0.1, -0.05) is 5.11 Å². The van der Waals surface area contributed by atoms with Gasteiger partial charge in [0, 0.05) is 29.9 Å². The molecule has 0 radical (unpaired) electrons. The monoisotopic (exact) mass is 180 g/mol. The van der Waals surface area contributed by atoms with Gasteiger partial charge in [-0.15, -0.1) is 0 Å². The third-order valence-corrected chi connectivity index (χ3v) is 1.62. The highest BCUT2D eigenvalue weighted by Crippen LogP contribution is 2.03. The molecule has 68 valence electrons. The van der Waals surface area contributed by atoms with Crippen LogP contribution in [0.5, 0.6) is 5.75 Å². The first kappa shape index (κ1) is 9.15. The van der Waals surface area contributed by atoms with E-state index in [1.54, 1.807) is 7.05 Å². The molecular formula is C7H8N4O2. The molecule has 1 N–H and O–H groups in total. The molecule has 1 aromatic heterocycles. The number of hydrogen-bond donors (Lipinski definition) is 1. The summed E-state index contributed by atoms with van der Waals surface area (Å²) in [5.41, 5.74) is 8.15. The van der Waals surface area contributed by atoms with E-state index < -0.39 is 5.43 Å². The molecule has 0 atom stereocenters. The first-order valence-corrected chi connectivity index (χ1v) is 3.54. The first-order chi connectivity index (χ1) is 6.15. The zero-order valence-corrected chi connectivity index (χ0v) is 7.01. The lowest BCUT2D eigenvalue weighted by Crippen LogP contribution is -2.08. The number of rotatable bonds is 2. The third kappa shape index (κ3) is 2.00. The Balaban J connectivity index is 3.15. The van der Waals surface area contributed by atoms with Crippen LogP contribution < -0.4 is 5.43 Å². The van der Waals surface area contributed by atoms with E-state index in [1.165, 1.54) is 16.8 Å². The Morgan fingerprint density at radius 2 is 2.46 bits per heavy atom. The Morgan fingerprint density at radius 1 is 1.77 bits per heavy atom. The molecular weight excluding hydrogens is 172 g/mol. The molecule has 0 bridgehead atoms. The Labute approximate surface area is 73.7 Å². The molecule has 1 heterocycles. The summed E-state index contributed by atoms with van der Waals surface area (Å²) in [5, 5.41) is 12.3. The van der Waals surface area contributed by atoms with Gasteiger partial charge in [-0.3, -0.25) is 4.79 Å². The summed E-state index contributed by atoms with van der Waals surface area (Å²) in [6.07, 6.45) is 1.28. The van der Waals surface area contributed by atoms with Crippen molar-refractivity contribution in [2.24, 2.45) is 12.2 Å². The number of aromatic hydroxyl groups is 1. The van der Waals surface area contributed by atoms with Crippen molar-refractivity contribution in [1.29, 1.82) is 0 Å². The minimum absolute atomic E-state index is 0.0997. The maximum absolute atomic E-state index is 11.0. The Hall–Kier alpha value is -1.94. The van der Waals surface area contributed by atoms with Gasteiger partial charge in [-0.05, 0) is 5.53 Å². The van der Waals surface area contributed by atoms with Crippen molar-refractivity contribution in [2.45, 2.75) is 6.54 Å². The molecule has 1 aromatic rings. The Bertz CT molecular complexity index is 417. The van der Waals surface area contributed by atoms with Gasteiger partial charge in [0.15, 0.2) is 5.75 Å². The number of aromatic nitrogens is 1. The molecule has 0 saturated carbocycles. The van der Waals surface area contributed by atoms with Crippen LogP contribution in [0.4, 0.5) is 0 Å². The summed E-state index contributed by atoms with van der Waals surface area (Å²) in [5.74, 6) is -0.313. The van der Waals surface area contributed by atoms with E-state index in [9.17, 15) is 4.79 Å². The van der Waals surface area contributed by atoms with Gasteiger partial charge in [0.05, 0.1) is 6.54 Å². The molecule has 0 amide bonds. The lowest BCUT2D eigenvalue weighted by Gasteiger charge is -2.04. The van der Waals surface area contributed by atoms with Crippen LogP contribution in [0.3, 0.4) is 0 Å². The number of azide groups is 1. The van der Waals surface area contributed by atoms with Crippen LogP contribution in [-0.4, -0.2) is 9.67 Å². The summed E-state index contributed by atoms with van der Waals surface area (Å²) in [6, 6.07) is 1.24. The number of aryl methyl sites for hydroxylation is 1. The van der Waals surface area contributed by atoms with E-state index in [2.05, 4.69) is 10.0 Å². The van der Waals surface area contributed by atoms with Crippen molar-refractivity contribution in [3.63, 3.8) is 0 Å². The first-order valence-electron chi connectivity index (χ1n) is 3.54. The van der Waals surface area contributed by atoms with E-state index in [-0.39, 0.29) is 12.3 Å². The normalized spacial score (nSPS) is 9.31. The summed E-state index contributed by atoms with van der Waals surface area (Å²) in [6.45, 7) is 0.0997. The van der Waals surface area contributed by atoms with Crippen molar-refractivity contribution in [3.8, 4) is 5.75 Å². The molecule has 0 aliphatic carbocycles. The second-order valence-corrected chi connectivity index (χ2v) is 2.51. The number of nitrogens with zero attached hydrogens (tertiary/aromatic N) is 4. The predicted molar refractivity (Wildman–Crippen MR) is 46.2 cm³/mol. The predicted octanol–water partition coefficient (Wildman–Crippen LogP) is 0.901. The quantitative estimate of drug-likeness (QED) is 0.416. The van der Waals surface area contributed by atoms with E-state index in [0.29, 0.717) is 5.69 Å². The molecule has 6 heteroatoms. The average Bonchev–Trinajstić information content (AvgIpc) is 2.09. The highest BCUT2D eigenvalue weighted by Gasteiger charge is 2.00. The average molecular weight is 180 g/mol. The van der Waals surface area contributed by atoms with Crippen molar-refractivity contribution < 1.29 is 5.11 Å². The number of hydrogen-bond acceptors (Lipinski definition) is 3. The van der Waals surface area contributed by atoms with Gasteiger partial charge in [0.25, 0.3) is 0 Å². The summed E-state index contributed by atoms with van der Waals surface area (Å²) >= 11 is 0. The largest absolute Gasteiger partial charge is 0.503 e. The minimum atomic E-state index is -0.471. The van der Waals surface area contributed by atoms with Crippen molar-refractivity contribution >= 4 is 0 Å². The highest BCUT2D eigenvalue weighted by molar-refractivity contribution is 5.19. The standard InChI is InChI=1S/C7H8N4O2/c1-11-4-7(13)6(12)2-5(11)3-9-10-8/h2,4,13H,3H2,1H3. The van der Waals surface area contributed by atoms with Crippen LogP contribution >= 0.6 is 0 Å². The van der Waals surface area contributed by atoms with Gasteiger partial charge in [0.1, 0.15) is 0 Å². The molecule has 0 spiro atoms. The summed E-state index contributed by atoms with van der Waals surface area (Å²) in [7, 11) is 1.65. The fourth-order valence-corrected chi connectivity index (χ4v) is 0.918. The van der Waals surface area contributed by atoms with Crippen LogP contribution in [0.2, 0.25) is 0 Å². The van der Waals surface area contributed by atoms with Gasteiger partial charge < -0.3 is 9.67 Å². The second-order valence-electron chi connectivity index (χ2n) is 2.51. The van der Waals surface area contributed by atoms with Gasteiger partial charge in [-0.25, -0.2) is 0 Å². The highest BCUT2D eigenvalue weighted by atomic mass is 16.3. The van der Waals surface area contributed by atoms with Crippen LogP contribution in [0.1, 0.15) is 5.69 Å². The molecule has 13 heavy (non-hydrogen) atoms. The van der Waals surface area contributed by atoms with E-state index >= 15 is 0 Å². The van der Waals surface area contributed by atoms with E-state index in [0.717, 1.165) is 0 Å². The molecule has 0 fully saturated rings. The maximum Gasteiger partial charge on any atom is 0.223 e. The SMILES string of the molecule is Cn1cc(O)c(=O)cc1CN=[N+]=[N-]. The smallest absolute Gasteiger partial charge is 0.223 e. The zero-order valence-electron chi connectivity index (χ0n) is 7.01. The molecule has 0 aliphatic rings. The van der Waals surface area contributed by atoms with E-state index in [4.69, 9.17) is 10.6 Å². The van der Waals surface area contributed by atoms with Crippen LogP contribution in [0.15, 0.2) is 22.2 Å². The van der Waals surface area contributed by atoms with Gasteiger partial charge in [-0.2, -0.15) is 0 Å². The number of pyridine rings is 1. The fraction of sp³-hybridized carbons (Fsp3) is 0.286. The summed E-state index contributed by atoms with van der Waals surface area (Å²) < 4.78 is 1.53. The Morgan fingerprint density at radius 3 is 3.08 bits per heavy atom. The van der Waals surface area contributed by atoms with Crippen molar-refractivity contribution in [2.75, 3.05) is 0 Å². The molecule has 0 aromatic carbocycles. The molecule has 0 saturated heterocycles. The molecule has 1 rings (SSSR count). The van der Waals surface area contributed by atoms with Gasteiger partial charge in [0.2, 0.25) is 5.43 Å². The van der Waals surface area contributed by atoms with Crippen LogP contribution in [0, 0.1) is 0 Å². The Kier molecular flexibility index (Phi) is 2.56. The zero-order chi connectivity index (χ0) is 9.84. The molecule has 0 unspecified atom stereocenters. The van der Waals surface area contributed by atoms with Crippen LogP contribution in [-0.2, 0) is 13.6 Å². The van der Waals surface area contributed by atoms with Gasteiger partial charge >= 0.3 is 0 Å². The lowest BCUT2D eigenvalue weighted by molar-refractivity contribution is 0.462. The molecule has 6 nitrogen and oxygen atoms in total. The fourth-order valence-electron chi connectivity index (χ4n) is 0.918. The lowest BCUT2D eigenvalue weighted by atomic mass is 10.3. The molecule has 0 aliphatic heterocycles. The van der Waals surface area contributed by atoms with Crippen molar-refractivity contribution in [1.82, 2.24) is 4.57 Å². The van der Waals surface area contributed by atoms with E-state index in [1.807, 2.05) is 0 Å². The van der Waals surface area contributed by atoms with Crippen molar-refractivity contribution in [3.05, 3.63) is 38.6 Å². The maximum atomic E-state index is 11.0. The van der Waals surface area contributed by atoms with Crippen LogP contribution in [0.25, 0.3) is 10.4 Å². The second kappa shape index (κ2) is 3.64. The topological polar surface area (TPSA) is 91.0 Å². The minimum Gasteiger partial charge on any atom is -0.503 e. The third-order valence-electron chi connectivity index (χ3n) is 1.62.